The summed E-state index contributed by atoms with van der Waals surface area (Å²) >= 11 is 0. The van der Waals surface area contributed by atoms with E-state index in [4.69, 9.17) is 15.2 Å². The maximum atomic E-state index is 8.65. The highest BCUT2D eigenvalue weighted by atomic mass is 16.6. The highest BCUT2D eigenvalue weighted by Crippen LogP contribution is 1.96. The van der Waals surface area contributed by atoms with E-state index in [9.17, 15) is 0 Å². The Kier molecular flexibility index (Phi) is 4.70. The molecule has 0 aromatic carbocycles. The van der Waals surface area contributed by atoms with Crippen LogP contribution in [0, 0.1) is 0 Å². The second-order valence-corrected chi connectivity index (χ2v) is 1.78. The molecule has 53 valence electrons. The first kappa shape index (κ1) is 8.90. The second kappa shape index (κ2) is 4.75. The summed E-state index contributed by atoms with van der Waals surface area (Å²) in [7, 11) is 0.396. The van der Waals surface area contributed by atoms with Crippen molar-refractivity contribution in [2.45, 2.75) is 25.7 Å². The van der Waals surface area contributed by atoms with E-state index in [-0.39, 0.29) is 6.42 Å². The summed E-state index contributed by atoms with van der Waals surface area (Å²) in [5.41, 5.74) is 0. The van der Waals surface area contributed by atoms with E-state index in [1.54, 1.807) is 0 Å². The van der Waals surface area contributed by atoms with Crippen molar-refractivity contribution in [1.82, 2.24) is 0 Å². The van der Waals surface area contributed by atoms with Crippen LogP contribution in [0.15, 0.2) is 0 Å². The predicted molar refractivity (Wildman–Crippen MR) is 31.4 cm³/mol. The highest BCUT2D eigenvalue weighted by Gasteiger charge is 2.06. The molecule has 0 amide bonds. The molecule has 2 atom stereocenters. The molecule has 0 aliphatic carbocycles. The molecule has 0 aromatic rings. The monoisotopic (exact) mass is 133 g/mol. The molecule has 0 heterocycles. The quantitative estimate of drug-likeness (QED) is 0.326. The summed E-state index contributed by atoms with van der Waals surface area (Å²) in [6.07, 6.45) is -1.65. The standard InChI is InChI=1S/C4H10BO4/c1-3(6)2-4(7)9-5-8/h3-4,6-8H,2H2,1H3. The molecular weight excluding hydrogens is 123 g/mol. The third-order valence-corrected chi connectivity index (χ3v) is 0.761. The van der Waals surface area contributed by atoms with E-state index in [1.165, 1.54) is 6.92 Å². The van der Waals surface area contributed by atoms with Crippen LogP contribution in [-0.2, 0) is 4.65 Å². The maximum Gasteiger partial charge on any atom is 0.487 e. The van der Waals surface area contributed by atoms with Gasteiger partial charge in [-0.1, -0.05) is 0 Å². The van der Waals surface area contributed by atoms with Crippen molar-refractivity contribution in [2.75, 3.05) is 0 Å². The van der Waals surface area contributed by atoms with Gasteiger partial charge in [0.1, 0.15) is 6.29 Å². The predicted octanol–water partition coefficient (Wildman–Crippen LogP) is -1.38. The van der Waals surface area contributed by atoms with E-state index >= 15 is 0 Å². The smallest absolute Gasteiger partial charge is 0.429 e. The lowest BCUT2D eigenvalue weighted by molar-refractivity contribution is -0.0532. The van der Waals surface area contributed by atoms with Gasteiger partial charge in [0.2, 0.25) is 0 Å². The Morgan fingerprint density at radius 2 is 2.11 bits per heavy atom. The number of rotatable bonds is 4. The molecule has 0 bridgehead atoms. The summed E-state index contributed by atoms with van der Waals surface area (Å²) in [5.74, 6) is 0. The van der Waals surface area contributed by atoms with Crippen LogP contribution in [0.3, 0.4) is 0 Å². The van der Waals surface area contributed by atoms with Gasteiger partial charge in [-0.25, -0.2) is 0 Å². The van der Waals surface area contributed by atoms with Crippen molar-refractivity contribution in [3.05, 3.63) is 0 Å². The van der Waals surface area contributed by atoms with Gasteiger partial charge in [-0.2, -0.15) is 0 Å². The van der Waals surface area contributed by atoms with E-state index in [0.29, 0.717) is 7.69 Å². The lowest BCUT2D eigenvalue weighted by Crippen LogP contribution is -2.19. The zero-order chi connectivity index (χ0) is 7.28. The zero-order valence-corrected chi connectivity index (χ0v) is 5.19. The molecule has 2 unspecified atom stereocenters. The average molecular weight is 133 g/mol. The van der Waals surface area contributed by atoms with Crippen molar-refractivity contribution < 1.29 is 19.9 Å². The molecule has 0 aliphatic heterocycles. The van der Waals surface area contributed by atoms with Crippen molar-refractivity contribution in [3.8, 4) is 0 Å². The zero-order valence-electron chi connectivity index (χ0n) is 5.19. The molecule has 0 saturated carbocycles. The Morgan fingerprint density at radius 1 is 1.56 bits per heavy atom. The lowest BCUT2D eigenvalue weighted by Gasteiger charge is -2.10. The SMILES string of the molecule is CC(O)CC(O)O[B]O. The lowest BCUT2D eigenvalue weighted by atomic mass is 10.2. The third-order valence-electron chi connectivity index (χ3n) is 0.761. The minimum Gasteiger partial charge on any atom is -0.429 e. The largest absolute Gasteiger partial charge is 0.487 e. The number of aliphatic hydroxyl groups excluding tert-OH is 2. The third kappa shape index (κ3) is 5.78. The molecule has 5 heteroatoms. The van der Waals surface area contributed by atoms with Gasteiger partial charge in [-0.15, -0.1) is 0 Å². The van der Waals surface area contributed by atoms with Crippen molar-refractivity contribution in [3.63, 3.8) is 0 Å². The summed E-state index contributed by atoms with van der Waals surface area (Å²) in [6.45, 7) is 1.52. The Bertz CT molecular complexity index is 67.6. The molecule has 0 fully saturated rings. The summed E-state index contributed by atoms with van der Waals surface area (Å²) in [4.78, 5) is 0. The van der Waals surface area contributed by atoms with Crippen LogP contribution in [0.2, 0.25) is 0 Å². The van der Waals surface area contributed by atoms with Gasteiger partial charge >= 0.3 is 7.69 Å². The first-order chi connectivity index (χ1) is 4.16. The van der Waals surface area contributed by atoms with Crippen LogP contribution < -0.4 is 0 Å². The fourth-order valence-electron chi connectivity index (χ4n) is 0.418. The highest BCUT2D eigenvalue weighted by molar-refractivity contribution is 6.15. The van der Waals surface area contributed by atoms with E-state index < -0.39 is 12.4 Å². The Morgan fingerprint density at radius 3 is 2.44 bits per heavy atom. The molecule has 0 saturated heterocycles. The summed E-state index contributed by atoms with van der Waals surface area (Å²) in [6, 6.07) is 0. The van der Waals surface area contributed by atoms with Gasteiger partial charge in [0.15, 0.2) is 0 Å². The minimum atomic E-state index is -1.12. The molecule has 0 rings (SSSR count). The Balaban J connectivity index is 3.15. The van der Waals surface area contributed by atoms with Gasteiger partial charge in [0.05, 0.1) is 6.10 Å². The fraction of sp³-hybridized carbons (Fsp3) is 1.00. The first-order valence-corrected chi connectivity index (χ1v) is 2.64. The minimum absolute atomic E-state index is 0.0943. The molecule has 9 heavy (non-hydrogen) atoms. The van der Waals surface area contributed by atoms with Gasteiger partial charge in [-0.05, 0) is 6.92 Å². The molecule has 1 radical (unpaired) electrons. The van der Waals surface area contributed by atoms with Crippen LogP contribution in [0.5, 0.6) is 0 Å². The number of aliphatic hydroxyl groups is 2. The van der Waals surface area contributed by atoms with Crippen LogP contribution in [0.4, 0.5) is 0 Å². The van der Waals surface area contributed by atoms with E-state index in [2.05, 4.69) is 4.65 Å². The van der Waals surface area contributed by atoms with Gasteiger partial charge in [0.25, 0.3) is 0 Å². The van der Waals surface area contributed by atoms with Gasteiger partial charge in [0, 0.05) is 6.42 Å². The average Bonchev–Trinajstić information content (AvgIpc) is 1.63. The second-order valence-electron chi connectivity index (χ2n) is 1.78. The van der Waals surface area contributed by atoms with Crippen LogP contribution in [0.25, 0.3) is 0 Å². The molecule has 3 N–H and O–H groups in total. The van der Waals surface area contributed by atoms with Crippen LogP contribution >= 0.6 is 0 Å². The normalized spacial score (nSPS) is 16.9. The molecule has 4 nitrogen and oxygen atoms in total. The molecular formula is C4H10BO4. The molecule has 0 aromatic heterocycles. The molecule has 0 aliphatic rings. The van der Waals surface area contributed by atoms with Crippen molar-refractivity contribution in [2.24, 2.45) is 0 Å². The van der Waals surface area contributed by atoms with E-state index in [0.717, 1.165) is 0 Å². The first-order valence-electron chi connectivity index (χ1n) is 2.64. The van der Waals surface area contributed by atoms with Crippen LogP contribution in [0.1, 0.15) is 13.3 Å². The topological polar surface area (TPSA) is 69.9 Å². The Labute approximate surface area is 54.4 Å². The van der Waals surface area contributed by atoms with Crippen molar-refractivity contribution >= 4 is 7.69 Å². The number of hydrogen-bond acceptors (Lipinski definition) is 4. The fourth-order valence-corrected chi connectivity index (χ4v) is 0.418. The number of hydrogen-bond donors (Lipinski definition) is 3. The van der Waals surface area contributed by atoms with Crippen LogP contribution in [-0.4, -0.2) is 35.3 Å². The van der Waals surface area contributed by atoms with E-state index in [1.807, 2.05) is 0 Å². The van der Waals surface area contributed by atoms with Gasteiger partial charge < -0.3 is 19.9 Å². The summed E-state index contributed by atoms with van der Waals surface area (Å²) < 4.78 is 4.18. The Hall–Kier alpha value is -0.0951. The summed E-state index contributed by atoms with van der Waals surface area (Å²) in [5, 5.41) is 25.2. The molecule has 0 spiro atoms. The van der Waals surface area contributed by atoms with Crippen molar-refractivity contribution in [1.29, 1.82) is 0 Å². The maximum absolute atomic E-state index is 8.65. The van der Waals surface area contributed by atoms with Gasteiger partial charge in [-0.3, -0.25) is 0 Å².